The Labute approximate surface area is 338 Å². The third kappa shape index (κ3) is 7.84. The van der Waals surface area contributed by atoms with Crippen LogP contribution in [0.1, 0.15) is 88.2 Å². The maximum atomic E-state index is 13.7. The van der Waals surface area contributed by atoms with Crippen molar-refractivity contribution in [2.45, 2.75) is 91.4 Å². The summed E-state index contributed by atoms with van der Waals surface area (Å²) in [6.07, 6.45) is 2.00. The fourth-order valence-corrected chi connectivity index (χ4v) is 8.68. The van der Waals surface area contributed by atoms with Gasteiger partial charge in [0.15, 0.2) is 0 Å². The molecule has 0 radical (unpaired) electrons. The van der Waals surface area contributed by atoms with Gasteiger partial charge in [0.05, 0.1) is 48.4 Å². The minimum absolute atomic E-state index is 0.111. The summed E-state index contributed by atoms with van der Waals surface area (Å²) in [7, 11) is 2.59. The predicted molar refractivity (Wildman–Crippen MR) is 222 cm³/mol. The zero-order chi connectivity index (χ0) is 41.4. The number of aromatic nitrogens is 4. The van der Waals surface area contributed by atoms with Crippen molar-refractivity contribution in [2.75, 3.05) is 27.3 Å². The number of carbonyl (C=O) groups is 4. The lowest BCUT2D eigenvalue weighted by Crippen LogP contribution is -2.51. The molecule has 2 aromatic heterocycles. The highest BCUT2D eigenvalue weighted by Crippen LogP contribution is 2.38. The molecule has 0 spiro atoms. The van der Waals surface area contributed by atoms with E-state index in [4.69, 9.17) is 19.4 Å². The van der Waals surface area contributed by atoms with E-state index in [1.54, 1.807) is 0 Å². The fourth-order valence-electron chi connectivity index (χ4n) is 8.68. The number of fused-ring (bicyclic) bond motifs is 2. The Morgan fingerprint density at radius 2 is 1.16 bits per heavy atom. The molecule has 0 saturated carbocycles. The van der Waals surface area contributed by atoms with Gasteiger partial charge in [-0.1, -0.05) is 52.0 Å². The van der Waals surface area contributed by atoms with Gasteiger partial charge in [-0.2, -0.15) is 0 Å². The molecule has 0 bridgehead atoms. The molecule has 2 aliphatic rings. The van der Waals surface area contributed by atoms with Crippen molar-refractivity contribution in [1.82, 2.24) is 40.4 Å². The molecule has 7 rings (SSSR count). The summed E-state index contributed by atoms with van der Waals surface area (Å²) in [4.78, 5) is 72.0. The van der Waals surface area contributed by atoms with Crippen LogP contribution in [0.5, 0.6) is 0 Å². The van der Waals surface area contributed by atoms with Gasteiger partial charge in [0.1, 0.15) is 23.7 Å². The Balaban J connectivity index is 1.11. The van der Waals surface area contributed by atoms with Gasteiger partial charge >= 0.3 is 12.2 Å². The zero-order valence-corrected chi connectivity index (χ0v) is 34.6. The normalized spacial score (nSPS) is 18.0. The van der Waals surface area contributed by atoms with Crippen LogP contribution < -0.4 is 10.6 Å². The van der Waals surface area contributed by atoms with Gasteiger partial charge in [0.25, 0.3) is 0 Å². The van der Waals surface area contributed by atoms with Gasteiger partial charge in [-0.25, -0.2) is 19.6 Å². The van der Waals surface area contributed by atoms with Crippen molar-refractivity contribution in [3.8, 4) is 22.3 Å². The van der Waals surface area contributed by atoms with Gasteiger partial charge in [0, 0.05) is 13.1 Å². The summed E-state index contributed by atoms with van der Waals surface area (Å²) in [6, 6.07) is 15.0. The SMILES string of the molecule is COC(=O)N[C@H](C(=O)N1CCC[C@H]1c1nc2cc(-c3c(C)cc(-c4ccc5nc([C@@H]6CCCN6C(=O)[C@@H](NC(=O)OC)C(C)C)[nH]c5c4)cc3C)ccc2[nH]1)C(C)C. The van der Waals surface area contributed by atoms with Gasteiger partial charge in [-0.3, -0.25) is 9.59 Å². The number of hydrogen-bond acceptors (Lipinski definition) is 8. The van der Waals surface area contributed by atoms with E-state index in [2.05, 4.69) is 70.8 Å². The van der Waals surface area contributed by atoms with E-state index in [9.17, 15) is 19.2 Å². The number of aromatic amines is 2. The molecule has 14 heteroatoms. The first kappa shape index (κ1) is 40.3. The first-order valence-electron chi connectivity index (χ1n) is 20.2. The molecule has 0 unspecified atom stereocenters. The predicted octanol–water partition coefficient (Wildman–Crippen LogP) is 7.48. The minimum Gasteiger partial charge on any atom is -0.453 e. The molecule has 5 aromatic rings. The van der Waals surface area contributed by atoms with Crippen LogP contribution in [0.3, 0.4) is 0 Å². The van der Waals surface area contributed by atoms with Crippen LogP contribution in [0.4, 0.5) is 9.59 Å². The molecule has 2 saturated heterocycles. The third-order valence-corrected chi connectivity index (χ3v) is 11.6. The number of aryl methyl sites for hydroxylation is 2. The van der Waals surface area contributed by atoms with E-state index in [-0.39, 0.29) is 35.7 Å². The van der Waals surface area contributed by atoms with Crippen molar-refractivity contribution < 1.29 is 28.7 Å². The molecule has 4 N–H and O–H groups in total. The number of carbonyl (C=O) groups excluding carboxylic acids is 4. The number of rotatable bonds is 10. The average Bonchev–Trinajstić information content (AvgIpc) is 4.02. The Morgan fingerprint density at radius 3 is 1.67 bits per heavy atom. The van der Waals surface area contributed by atoms with Crippen molar-refractivity contribution in [1.29, 1.82) is 0 Å². The van der Waals surface area contributed by atoms with Crippen LogP contribution in [0.2, 0.25) is 0 Å². The van der Waals surface area contributed by atoms with E-state index in [0.717, 1.165) is 92.8 Å². The number of methoxy groups -OCH3 is 2. The standard InChI is InChI=1S/C44H54N8O6/c1-23(2)37(49-43(55)57-7)41(53)51-17-9-11-34(51)39-45-30-15-13-27(21-32(30)47-39)29-19-25(5)36(26(6)20-29)28-14-16-31-33(22-28)48-40(46-31)35-12-10-18-52(35)42(54)38(24(3)4)50-44(56)58-8/h13-16,19-24,34-35,37-38H,9-12,17-18H2,1-8H3,(H,45,47)(H,46,48)(H,49,55)(H,50,56)/t34-,35-,37-,38-/m0/s1. The minimum atomic E-state index is -0.696. The quantitative estimate of drug-likeness (QED) is 0.113. The van der Waals surface area contributed by atoms with Crippen LogP contribution >= 0.6 is 0 Å². The summed E-state index contributed by atoms with van der Waals surface area (Å²) in [6.45, 7) is 13.1. The number of likely N-dealkylation sites (tertiary alicyclic amines) is 2. The number of alkyl carbamates (subject to hydrolysis) is 2. The van der Waals surface area contributed by atoms with Crippen LogP contribution in [0.15, 0.2) is 48.5 Å². The van der Waals surface area contributed by atoms with E-state index >= 15 is 0 Å². The Bertz CT molecular complexity index is 2340. The van der Waals surface area contributed by atoms with Crippen molar-refractivity contribution in [2.24, 2.45) is 11.8 Å². The van der Waals surface area contributed by atoms with E-state index in [1.165, 1.54) is 14.2 Å². The monoisotopic (exact) mass is 790 g/mol. The molecule has 4 heterocycles. The van der Waals surface area contributed by atoms with Gasteiger partial charge < -0.3 is 39.9 Å². The molecule has 0 aliphatic carbocycles. The number of imidazole rings is 2. The fraction of sp³-hybridized carbons (Fsp3) is 0.455. The number of hydrogen-bond donors (Lipinski definition) is 4. The van der Waals surface area contributed by atoms with Crippen molar-refractivity contribution >= 4 is 46.1 Å². The number of nitrogens with one attached hydrogen (secondary N) is 4. The molecule has 2 aliphatic heterocycles. The van der Waals surface area contributed by atoms with E-state index in [0.29, 0.717) is 13.1 Å². The number of amides is 4. The van der Waals surface area contributed by atoms with Crippen molar-refractivity contribution in [3.05, 3.63) is 71.3 Å². The Hall–Kier alpha value is -5.92. The first-order valence-corrected chi connectivity index (χ1v) is 20.2. The summed E-state index contributed by atoms with van der Waals surface area (Å²) < 4.78 is 9.57. The Morgan fingerprint density at radius 1 is 0.655 bits per heavy atom. The highest BCUT2D eigenvalue weighted by atomic mass is 16.5. The Kier molecular flexibility index (Phi) is 11.5. The topological polar surface area (TPSA) is 175 Å². The second-order valence-electron chi connectivity index (χ2n) is 16.3. The summed E-state index contributed by atoms with van der Waals surface area (Å²) in [5.74, 6) is 0.976. The lowest BCUT2D eigenvalue weighted by molar-refractivity contribution is -0.136. The maximum Gasteiger partial charge on any atom is 0.407 e. The summed E-state index contributed by atoms with van der Waals surface area (Å²) in [5, 5.41) is 5.43. The molecule has 4 atom stereocenters. The summed E-state index contributed by atoms with van der Waals surface area (Å²) >= 11 is 0. The molecular weight excluding hydrogens is 737 g/mol. The van der Waals surface area contributed by atoms with Gasteiger partial charge in [-0.15, -0.1) is 0 Å². The largest absolute Gasteiger partial charge is 0.453 e. The highest BCUT2D eigenvalue weighted by molar-refractivity contribution is 5.89. The smallest absolute Gasteiger partial charge is 0.407 e. The molecule has 58 heavy (non-hydrogen) atoms. The van der Waals surface area contributed by atoms with Crippen LogP contribution in [-0.4, -0.2) is 93.1 Å². The van der Waals surface area contributed by atoms with E-state index < -0.39 is 24.3 Å². The molecule has 3 aromatic carbocycles. The first-order chi connectivity index (χ1) is 27.8. The third-order valence-electron chi connectivity index (χ3n) is 11.6. The molecule has 306 valence electrons. The molecule has 4 amide bonds. The van der Waals surface area contributed by atoms with Crippen molar-refractivity contribution in [3.63, 3.8) is 0 Å². The highest BCUT2D eigenvalue weighted by Gasteiger charge is 2.39. The number of H-pyrrole nitrogens is 2. The lowest BCUT2D eigenvalue weighted by Gasteiger charge is -2.29. The zero-order valence-electron chi connectivity index (χ0n) is 34.6. The van der Waals surface area contributed by atoms with Crippen LogP contribution in [0, 0.1) is 25.7 Å². The average molecular weight is 791 g/mol. The molecule has 2 fully saturated rings. The second-order valence-corrected chi connectivity index (χ2v) is 16.3. The lowest BCUT2D eigenvalue weighted by atomic mass is 9.91. The van der Waals surface area contributed by atoms with Gasteiger partial charge in [-0.05, 0) is 109 Å². The maximum absolute atomic E-state index is 13.7. The summed E-state index contributed by atoms with van der Waals surface area (Å²) in [5.41, 5.74) is 10.0. The van der Waals surface area contributed by atoms with Gasteiger partial charge in [0.2, 0.25) is 11.8 Å². The number of nitrogens with zero attached hydrogens (tertiary/aromatic N) is 4. The van der Waals surface area contributed by atoms with E-state index in [1.807, 2.05) is 49.6 Å². The van der Waals surface area contributed by atoms with Crippen LogP contribution in [0.25, 0.3) is 44.3 Å². The van der Waals surface area contributed by atoms with Crippen LogP contribution in [-0.2, 0) is 19.1 Å². The number of benzene rings is 3. The number of ether oxygens (including phenoxy) is 2. The molecular formula is C44H54N8O6. The second kappa shape index (κ2) is 16.5. The molecule has 14 nitrogen and oxygen atoms in total.